The number of carbonyl (C=O) groups excluding carboxylic acids is 1. The first-order valence-corrected chi connectivity index (χ1v) is 7.73. The van der Waals surface area contributed by atoms with E-state index in [0.29, 0.717) is 13.2 Å². The van der Waals surface area contributed by atoms with E-state index in [1.165, 1.54) is 10.8 Å². The van der Waals surface area contributed by atoms with E-state index in [9.17, 15) is 4.79 Å². The second kappa shape index (κ2) is 6.90. The molecule has 4 nitrogen and oxygen atoms in total. The number of nitrogens with one attached hydrogen (secondary N) is 1. The van der Waals surface area contributed by atoms with E-state index in [4.69, 9.17) is 9.47 Å². The zero-order valence-corrected chi connectivity index (χ0v) is 12.7. The first kappa shape index (κ1) is 15.0. The maximum absolute atomic E-state index is 12.1. The summed E-state index contributed by atoms with van der Waals surface area (Å²) in [4.78, 5) is 12.1. The molecule has 1 aliphatic heterocycles. The second-order valence-corrected chi connectivity index (χ2v) is 5.62. The number of benzene rings is 2. The van der Waals surface area contributed by atoms with Crippen LogP contribution in [-0.2, 0) is 14.3 Å². The van der Waals surface area contributed by atoms with Gasteiger partial charge in [-0.2, -0.15) is 0 Å². The molecular formula is C18H21NO3. The number of amides is 1. The molecule has 0 bridgehead atoms. The minimum atomic E-state index is -0.405. The van der Waals surface area contributed by atoms with Gasteiger partial charge in [0.15, 0.2) is 6.29 Å². The van der Waals surface area contributed by atoms with Crippen molar-refractivity contribution >= 4 is 16.7 Å². The molecular weight excluding hydrogens is 278 g/mol. The van der Waals surface area contributed by atoms with Crippen molar-refractivity contribution in [3.05, 3.63) is 48.0 Å². The van der Waals surface area contributed by atoms with Crippen molar-refractivity contribution in [2.24, 2.45) is 0 Å². The average molecular weight is 299 g/mol. The van der Waals surface area contributed by atoms with Crippen molar-refractivity contribution in [3.8, 4) is 0 Å². The number of ether oxygens (including phenoxy) is 2. The first-order valence-electron chi connectivity index (χ1n) is 7.73. The lowest BCUT2D eigenvalue weighted by molar-refractivity contribution is -0.184. The summed E-state index contributed by atoms with van der Waals surface area (Å²) in [5, 5.41) is 5.39. The van der Waals surface area contributed by atoms with Crippen LogP contribution in [-0.4, -0.2) is 25.4 Å². The molecule has 1 amide bonds. The normalized spacial score (nSPS) is 17.3. The molecule has 0 aliphatic carbocycles. The zero-order valence-electron chi connectivity index (χ0n) is 12.7. The van der Waals surface area contributed by atoms with Crippen molar-refractivity contribution < 1.29 is 14.3 Å². The van der Waals surface area contributed by atoms with Gasteiger partial charge in [-0.1, -0.05) is 36.4 Å². The van der Waals surface area contributed by atoms with Gasteiger partial charge in [-0.05, 0) is 35.7 Å². The minimum absolute atomic E-state index is 0.0410. The van der Waals surface area contributed by atoms with Crippen LogP contribution in [0, 0.1) is 0 Å². The molecule has 1 fully saturated rings. The fourth-order valence-corrected chi connectivity index (χ4v) is 2.67. The number of fused-ring (bicyclic) bond motifs is 1. The van der Waals surface area contributed by atoms with Crippen LogP contribution in [0.15, 0.2) is 42.5 Å². The van der Waals surface area contributed by atoms with Crippen LogP contribution in [0.5, 0.6) is 0 Å². The summed E-state index contributed by atoms with van der Waals surface area (Å²) in [6.45, 7) is 3.32. The van der Waals surface area contributed by atoms with Crippen molar-refractivity contribution in [2.45, 2.75) is 32.1 Å². The topological polar surface area (TPSA) is 47.6 Å². The van der Waals surface area contributed by atoms with Gasteiger partial charge in [0, 0.05) is 0 Å². The van der Waals surface area contributed by atoms with Gasteiger partial charge in [-0.3, -0.25) is 4.79 Å². The number of hydrogen-bond acceptors (Lipinski definition) is 3. The van der Waals surface area contributed by atoms with Crippen molar-refractivity contribution in [3.63, 3.8) is 0 Å². The van der Waals surface area contributed by atoms with E-state index in [1.54, 1.807) is 0 Å². The lowest BCUT2D eigenvalue weighted by Gasteiger charge is -2.23. The first-order chi connectivity index (χ1) is 10.7. The Bertz CT molecular complexity index is 650. The van der Waals surface area contributed by atoms with Crippen LogP contribution in [0.25, 0.3) is 10.8 Å². The van der Waals surface area contributed by atoms with Crippen LogP contribution in [0.4, 0.5) is 0 Å². The zero-order chi connectivity index (χ0) is 15.4. The van der Waals surface area contributed by atoms with Crippen LogP contribution in [0.2, 0.25) is 0 Å². The van der Waals surface area contributed by atoms with Gasteiger partial charge >= 0.3 is 0 Å². The van der Waals surface area contributed by atoms with Crippen LogP contribution in [0.1, 0.15) is 31.4 Å². The third kappa shape index (κ3) is 3.64. The molecule has 1 saturated heterocycles. The smallest absolute Gasteiger partial charge is 0.225 e. The van der Waals surface area contributed by atoms with Gasteiger partial charge in [-0.15, -0.1) is 0 Å². The Balaban J connectivity index is 1.62. The predicted molar refractivity (Wildman–Crippen MR) is 85.4 cm³/mol. The fourth-order valence-electron chi connectivity index (χ4n) is 2.67. The summed E-state index contributed by atoms with van der Waals surface area (Å²) in [7, 11) is 0. The molecule has 0 aromatic heterocycles. The van der Waals surface area contributed by atoms with Crippen molar-refractivity contribution in [1.29, 1.82) is 0 Å². The molecule has 1 atom stereocenters. The Kier molecular flexibility index (Phi) is 4.71. The molecule has 4 heteroatoms. The summed E-state index contributed by atoms with van der Waals surface area (Å²) in [5.41, 5.74) is 1.09. The number of carbonyl (C=O) groups is 1. The Morgan fingerprint density at radius 2 is 1.91 bits per heavy atom. The molecule has 22 heavy (non-hydrogen) atoms. The molecule has 2 aromatic rings. The Morgan fingerprint density at radius 1 is 1.18 bits per heavy atom. The highest BCUT2D eigenvalue weighted by Crippen LogP contribution is 2.20. The third-order valence-corrected chi connectivity index (χ3v) is 3.90. The van der Waals surface area contributed by atoms with Gasteiger partial charge in [0.05, 0.1) is 25.7 Å². The molecule has 0 saturated carbocycles. The van der Waals surface area contributed by atoms with Crippen LogP contribution < -0.4 is 5.32 Å². The average Bonchev–Trinajstić information content (AvgIpc) is 2.55. The highest BCUT2D eigenvalue weighted by molar-refractivity contribution is 5.83. The van der Waals surface area contributed by atoms with Gasteiger partial charge in [0.2, 0.25) is 5.91 Å². The molecule has 0 unspecified atom stereocenters. The van der Waals surface area contributed by atoms with Gasteiger partial charge < -0.3 is 14.8 Å². The van der Waals surface area contributed by atoms with Crippen molar-refractivity contribution in [1.82, 2.24) is 5.32 Å². The van der Waals surface area contributed by atoms with Crippen LogP contribution in [0.3, 0.4) is 0 Å². The Labute approximate surface area is 130 Å². The quantitative estimate of drug-likeness (QED) is 0.943. The van der Waals surface area contributed by atoms with E-state index < -0.39 is 6.29 Å². The highest BCUT2D eigenvalue weighted by Gasteiger charge is 2.19. The summed E-state index contributed by atoms with van der Waals surface area (Å²) in [6.07, 6.45) is 0.737. The van der Waals surface area contributed by atoms with E-state index in [2.05, 4.69) is 35.6 Å². The lowest BCUT2D eigenvalue weighted by Crippen LogP contribution is -2.34. The molecule has 3 rings (SSSR count). The molecule has 2 aromatic carbocycles. The van der Waals surface area contributed by atoms with E-state index >= 15 is 0 Å². The maximum Gasteiger partial charge on any atom is 0.225 e. The standard InChI is InChI=1S/C18H21NO3/c1-13(19-17(20)12-18-21-9-4-10-22-18)15-8-7-14-5-2-3-6-16(14)11-15/h2-3,5-8,11,13,18H,4,9-10,12H2,1H3,(H,19,20)/t13-/m0/s1. The van der Waals surface area contributed by atoms with Crippen molar-refractivity contribution in [2.75, 3.05) is 13.2 Å². The van der Waals surface area contributed by atoms with E-state index in [-0.39, 0.29) is 18.4 Å². The number of rotatable bonds is 4. The monoisotopic (exact) mass is 299 g/mol. The molecule has 1 N–H and O–H groups in total. The number of hydrogen-bond donors (Lipinski definition) is 1. The molecule has 0 radical (unpaired) electrons. The van der Waals surface area contributed by atoms with Crippen LogP contribution >= 0.6 is 0 Å². The fraction of sp³-hybridized carbons (Fsp3) is 0.389. The van der Waals surface area contributed by atoms with Gasteiger partial charge in [-0.25, -0.2) is 0 Å². The predicted octanol–water partition coefficient (Wildman–Crippen LogP) is 3.17. The summed E-state index contributed by atoms with van der Waals surface area (Å²) < 4.78 is 10.8. The lowest BCUT2D eigenvalue weighted by atomic mass is 10.0. The molecule has 0 spiro atoms. The maximum atomic E-state index is 12.1. The minimum Gasteiger partial charge on any atom is -0.352 e. The Hall–Kier alpha value is -1.91. The van der Waals surface area contributed by atoms with E-state index in [1.807, 2.05) is 19.1 Å². The molecule has 1 aliphatic rings. The Morgan fingerprint density at radius 3 is 2.68 bits per heavy atom. The highest BCUT2D eigenvalue weighted by atomic mass is 16.7. The summed E-state index contributed by atoms with van der Waals surface area (Å²) in [5.74, 6) is -0.0486. The molecule has 116 valence electrons. The van der Waals surface area contributed by atoms with Gasteiger partial charge in [0.1, 0.15) is 0 Å². The van der Waals surface area contributed by atoms with Gasteiger partial charge in [0.25, 0.3) is 0 Å². The second-order valence-electron chi connectivity index (χ2n) is 5.62. The SMILES string of the molecule is C[C@H](NC(=O)CC1OCCCO1)c1ccc2ccccc2c1. The molecule has 1 heterocycles. The summed E-state index contributed by atoms with van der Waals surface area (Å²) in [6, 6.07) is 14.4. The largest absolute Gasteiger partial charge is 0.352 e. The summed E-state index contributed by atoms with van der Waals surface area (Å²) >= 11 is 0. The van der Waals surface area contributed by atoms with E-state index in [0.717, 1.165) is 12.0 Å². The third-order valence-electron chi connectivity index (χ3n) is 3.90.